The first kappa shape index (κ1) is 20.5. The molecule has 0 spiro atoms. The standard InChI is InChI=1S/C22H31N5O3/c28-20-14-18-6-10-27(22(30)24-15-17-4-2-1-3-5-17)16-19(18)7-9-25(20)12-13-26-11-8-23-21(26)29/h1-5,18-19H,6-16H2,(H,23,29)(H,24,30)/t18-,19+/m1/s1. The van der Waals surface area contributed by atoms with Crippen LogP contribution in [0.25, 0.3) is 0 Å². The third-order valence-electron chi connectivity index (χ3n) is 6.61. The minimum Gasteiger partial charge on any atom is -0.341 e. The van der Waals surface area contributed by atoms with Crippen LogP contribution >= 0.6 is 0 Å². The average Bonchev–Trinajstić information content (AvgIpc) is 3.10. The van der Waals surface area contributed by atoms with Crippen molar-refractivity contribution in [2.45, 2.75) is 25.8 Å². The second kappa shape index (κ2) is 9.36. The summed E-state index contributed by atoms with van der Waals surface area (Å²) < 4.78 is 0. The molecule has 1 aromatic carbocycles. The van der Waals surface area contributed by atoms with Gasteiger partial charge in [-0.2, -0.15) is 0 Å². The van der Waals surface area contributed by atoms with Crippen molar-refractivity contribution in [2.24, 2.45) is 11.8 Å². The van der Waals surface area contributed by atoms with Crippen molar-refractivity contribution in [3.05, 3.63) is 35.9 Å². The predicted molar refractivity (Wildman–Crippen MR) is 113 cm³/mol. The van der Waals surface area contributed by atoms with E-state index in [1.165, 1.54) is 0 Å². The number of nitrogens with zero attached hydrogens (tertiary/aromatic N) is 3. The molecule has 0 aliphatic carbocycles. The first-order valence-electron chi connectivity index (χ1n) is 11.0. The molecule has 3 heterocycles. The Balaban J connectivity index is 1.27. The predicted octanol–water partition coefficient (Wildman–Crippen LogP) is 1.48. The van der Waals surface area contributed by atoms with Crippen LogP contribution in [0.15, 0.2) is 30.3 Å². The van der Waals surface area contributed by atoms with Gasteiger partial charge in [-0.25, -0.2) is 9.59 Å². The van der Waals surface area contributed by atoms with Crippen molar-refractivity contribution in [1.82, 2.24) is 25.3 Å². The third-order valence-corrected chi connectivity index (χ3v) is 6.61. The van der Waals surface area contributed by atoms with Crippen molar-refractivity contribution in [3.8, 4) is 0 Å². The number of likely N-dealkylation sites (tertiary alicyclic amines) is 2. The zero-order valence-electron chi connectivity index (χ0n) is 17.4. The Morgan fingerprint density at radius 3 is 2.53 bits per heavy atom. The summed E-state index contributed by atoms with van der Waals surface area (Å²) in [6.45, 7) is 5.20. The zero-order valence-corrected chi connectivity index (χ0v) is 17.4. The summed E-state index contributed by atoms with van der Waals surface area (Å²) in [5, 5.41) is 5.82. The fourth-order valence-corrected chi connectivity index (χ4v) is 4.75. The molecule has 3 aliphatic rings. The zero-order chi connectivity index (χ0) is 20.9. The number of benzene rings is 1. The van der Waals surface area contributed by atoms with E-state index in [0.29, 0.717) is 70.6 Å². The van der Waals surface area contributed by atoms with Crippen molar-refractivity contribution in [2.75, 3.05) is 45.8 Å². The maximum Gasteiger partial charge on any atom is 0.317 e. The summed E-state index contributed by atoms with van der Waals surface area (Å²) in [5.74, 6) is 0.880. The van der Waals surface area contributed by atoms with E-state index >= 15 is 0 Å². The summed E-state index contributed by atoms with van der Waals surface area (Å²) in [5.41, 5.74) is 1.09. The van der Waals surface area contributed by atoms with E-state index in [0.717, 1.165) is 18.4 Å². The van der Waals surface area contributed by atoms with E-state index in [9.17, 15) is 14.4 Å². The number of carbonyl (C=O) groups is 3. The van der Waals surface area contributed by atoms with Gasteiger partial charge in [0.25, 0.3) is 0 Å². The van der Waals surface area contributed by atoms with Crippen LogP contribution in [0.1, 0.15) is 24.8 Å². The van der Waals surface area contributed by atoms with E-state index < -0.39 is 0 Å². The van der Waals surface area contributed by atoms with Gasteiger partial charge in [0.1, 0.15) is 0 Å². The summed E-state index contributed by atoms with van der Waals surface area (Å²) >= 11 is 0. The molecule has 3 aliphatic heterocycles. The highest BCUT2D eigenvalue weighted by molar-refractivity contribution is 5.78. The Hall–Kier alpha value is -2.77. The molecule has 0 bridgehead atoms. The van der Waals surface area contributed by atoms with Crippen LogP contribution in [0.4, 0.5) is 9.59 Å². The lowest BCUT2D eigenvalue weighted by molar-refractivity contribution is -0.131. The fourth-order valence-electron chi connectivity index (χ4n) is 4.75. The molecule has 0 saturated carbocycles. The van der Waals surface area contributed by atoms with Crippen LogP contribution in [-0.2, 0) is 11.3 Å². The Labute approximate surface area is 177 Å². The van der Waals surface area contributed by atoms with E-state index in [-0.39, 0.29) is 18.0 Å². The Kier molecular flexibility index (Phi) is 6.40. The largest absolute Gasteiger partial charge is 0.341 e. The molecule has 2 N–H and O–H groups in total. The highest BCUT2D eigenvalue weighted by Gasteiger charge is 2.36. The fraction of sp³-hybridized carbons (Fsp3) is 0.591. The smallest absolute Gasteiger partial charge is 0.317 e. The lowest BCUT2D eigenvalue weighted by Crippen LogP contribution is -2.48. The van der Waals surface area contributed by atoms with E-state index in [4.69, 9.17) is 0 Å². The van der Waals surface area contributed by atoms with Crippen LogP contribution in [0.5, 0.6) is 0 Å². The summed E-state index contributed by atoms with van der Waals surface area (Å²) in [6.07, 6.45) is 2.33. The topological polar surface area (TPSA) is 85.0 Å². The van der Waals surface area contributed by atoms with Gasteiger partial charge in [0.2, 0.25) is 5.91 Å². The lowest BCUT2D eigenvalue weighted by atomic mass is 9.82. The molecular formula is C22H31N5O3. The molecule has 0 radical (unpaired) electrons. The summed E-state index contributed by atoms with van der Waals surface area (Å²) in [4.78, 5) is 42.7. The van der Waals surface area contributed by atoms with Gasteiger partial charge in [-0.3, -0.25) is 4.79 Å². The summed E-state index contributed by atoms with van der Waals surface area (Å²) in [7, 11) is 0. The number of hydrogen-bond acceptors (Lipinski definition) is 3. The van der Waals surface area contributed by atoms with Crippen molar-refractivity contribution in [1.29, 1.82) is 0 Å². The van der Waals surface area contributed by atoms with Crippen molar-refractivity contribution >= 4 is 18.0 Å². The Bertz CT molecular complexity index is 771. The van der Waals surface area contributed by atoms with E-state index in [1.54, 1.807) is 4.90 Å². The monoisotopic (exact) mass is 413 g/mol. The van der Waals surface area contributed by atoms with Gasteiger partial charge in [0.15, 0.2) is 0 Å². The highest BCUT2D eigenvalue weighted by atomic mass is 16.2. The van der Waals surface area contributed by atoms with Gasteiger partial charge in [0.05, 0.1) is 0 Å². The first-order chi connectivity index (χ1) is 14.6. The quantitative estimate of drug-likeness (QED) is 0.767. The molecule has 0 unspecified atom stereocenters. The van der Waals surface area contributed by atoms with Gasteiger partial charge in [-0.1, -0.05) is 30.3 Å². The molecule has 1 aromatic rings. The first-order valence-corrected chi connectivity index (χ1v) is 11.0. The number of fused-ring (bicyclic) bond motifs is 1. The maximum atomic E-state index is 12.7. The number of urea groups is 2. The van der Waals surface area contributed by atoms with Crippen molar-refractivity contribution < 1.29 is 14.4 Å². The van der Waals surface area contributed by atoms with Gasteiger partial charge < -0.3 is 25.3 Å². The lowest BCUT2D eigenvalue weighted by Gasteiger charge is -2.37. The number of amides is 5. The van der Waals surface area contributed by atoms with Gasteiger partial charge in [-0.05, 0) is 30.2 Å². The van der Waals surface area contributed by atoms with Crippen LogP contribution in [0.2, 0.25) is 0 Å². The SMILES string of the molecule is O=C1C[C@H]2CCN(C(=O)NCc3ccccc3)C[C@@H]2CCN1CCN1CCNC1=O. The highest BCUT2D eigenvalue weighted by Crippen LogP contribution is 2.32. The van der Waals surface area contributed by atoms with Crippen LogP contribution in [-0.4, -0.2) is 78.5 Å². The molecule has 0 aromatic heterocycles. The molecule has 30 heavy (non-hydrogen) atoms. The molecule has 2 atom stereocenters. The Morgan fingerprint density at radius 2 is 1.77 bits per heavy atom. The van der Waals surface area contributed by atoms with Crippen LogP contribution in [0, 0.1) is 11.8 Å². The molecule has 8 heteroatoms. The summed E-state index contributed by atoms with van der Waals surface area (Å²) in [6, 6.07) is 9.85. The molecule has 162 valence electrons. The molecule has 3 fully saturated rings. The minimum atomic E-state index is -0.0388. The van der Waals surface area contributed by atoms with E-state index in [2.05, 4.69) is 10.6 Å². The number of carbonyl (C=O) groups excluding carboxylic acids is 3. The number of hydrogen-bond donors (Lipinski definition) is 2. The van der Waals surface area contributed by atoms with Crippen LogP contribution < -0.4 is 10.6 Å². The molecule has 5 amide bonds. The molecular weight excluding hydrogens is 382 g/mol. The number of nitrogens with one attached hydrogen (secondary N) is 2. The second-order valence-corrected chi connectivity index (χ2v) is 8.49. The maximum absolute atomic E-state index is 12.7. The third kappa shape index (κ3) is 4.86. The van der Waals surface area contributed by atoms with Gasteiger partial charge >= 0.3 is 12.1 Å². The molecule has 8 nitrogen and oxygen atoms in total. The Morgan fingerprint density at radius 1 is 1.00 bits per heavy atom. The molecule has 4 rings (SSSR count). The van der Waals surface area contributed by atoms with Gasteiger partial charge in [0, 0.05) is 58.8 Å². The minimum absolute atomic E-state index is 0.0234. The number of rotatable bonds is 5. The van der Waals surface area contributed by atoms with Crippen molar-refractivity contribution in [3.63, 3.8) is 0 Å². The second-order valence-electron chi connectivity index (χ2n) is 8.49. The molecule has 3 saturated heterocycles. The normalized spacial score (nSPS) is 24.3. The average molecular weight is 414 g/mol. The van der Waals surface area contributed by atoms with Gasteiger partial charge in [-0.15, -0.1) is 0 Å². The van der Waals surface area contributed by atoms with E-state index in [1.807, 2.05) is 40.1 Å². The van der Waals surface area contributed by atoms with Crippen LogP contribution in [0.3, 0.4) is 0 Å². The number of piperidine rings is 1.